The Kier molecular flexibility index (Phi) is 4.57. The Labute approximate surface area is 161 Å². The molecule has 3 aliphatic heterocycles. The standard InChI is InChI=1S/C23H30N2O2/c1-2-15-14-25-11-9-16(15)12-22(25)23(26)19-8-10-24-21-7-6-18(13-20(19)21)27-17-4-3-5-17/h6-8,10,13,15-17,22-23,26H,2-5,9,11-12,14H2,1H3/t15-,16-,22-,23+/m0/s1. The predicted octanol–water partition coefficient (Wildman–Crippen LogP) is 4.32. The molecular weight excluding hydrogens is 336 g/mol. The number of aliphatic hydroxyl groups is 1. The minimum Gasteiger partial charge on any atom is -0.490 e. The van der Waals surface area contributed by atoms with Gasteiger partial charge in [0.05, 0.1) is 17.7 Å². The molecule has 0 spiro atoms. The molecule has 4 heteroatoms. The van der Waals surface area contributed by atoms with E-state index in [4.69, 9.17) is 4.74 Å². The van der Waals surface area contributed by atoms with Crippen LogP contribution in [-0.4, -0.2) is 40.2 Å². The van der Waals surface area contributed by atoms with Crippen LogP contribution in [0.4, 0.5) is 0 Å². The van der Waals surface area contributed by atoms with Gasteiger partial charge in [-0.15, -0.1) is 0 Å². The van der Waals surface area contributed by atoms with Gasteiger partial charge < -0.3 is 9.84 Å². The molecule has 3 saturated heterocycles. The summed E-state index contributed by atoms with van der Waals surface area (Å²) in [6.07, 6.45) is 8.95. The van der Waals surface area contributed by atoms with Crippen LogP contribution in [0.3, 0.4) is 0 Å². The molecule has 0 amide bonds. The smallest absolute Gasteiger partial charge is 0.120 e. The van der Waals surface area contributed by atoms with Crippen LogP contribution in [0.25, 0.3) is 10.9 Å². The highest BCUT2D eigenvalue weighted by Crippen LogP contribution is 2.43. The van der Waals surface area contributed by atoms with Gasteiger partial charge in [-0.2, -0.15) is 0 Å². The monoisotopic (exact) mass is 366 g/mol. The molecule has 4 nitrogen and oxygen atoms in total. The number of fused-ring (bicyclic) bond motifs is 4. The number of piperidine rings is 3. The van der Waals surface area contributed by atoms with Crippen LogP contribution < -0.4 is 4.74 Å². The molecule has 1 aromatic carbocycles. The minimum atomic E-state index is -0.463. The highest BCUT2D eigenvalue weighted by atomic mass is 16.5. The summed E-state index contributed by atoms with van der Waals surface area (Å²) in [5.74, 6) is 2.48. The number of ether oxygens (including phenoxy) is 1. The molecule has 1 unspecified atom stereocenters. The van der Waals surface area contributed by atoms with Crippen molar-refractivity contribution in [2.45, 2.75) is 63.7 Å². The normalized spacial score (nSPS) is 31.6. The Morgan fingerprint density at radius 3 is 2.85 bits per heavy atom. The summed E-state index contributed by atoms with van der Waals surface area (Å²) in [7, 11) is 0. The minimum absolute atomic E-state index is 0.230. The van der Waals surface area contributed by atoms with Gasteiger partial charge >= 0.3 is 0 Å². The summed E-state index contributed by atoms with van der Waals surface area (Å²) in [6, 6.07) is 8.36. The van der Waals surface area contributed by atoms with Gasteiger partial charge in [-0.05, 0) is 80.3 Å². The maximum Gasteiger partial charge on any atom is 0.120 e. The predicted molar refractivity (Wildman–Crippen MR) is 107 cm³/mol. The molecule has 0 radical (unpaired) electrons. The highest BCUT2D eigenvalue weighted by molar-refractivity contribution is 5.84. The molecule has 4 aliphatic rings. The topological polar surface area (TPSA) is 45.6 Å². The zero-order valence-electron chi connectivity index (χ0n) is 16.2. The highest BCUT2D eigenvalue weighted by Gasteiger charge is 2.42. The second-order valence-corrected chi connectivity index (χ2v) is 8.71. The van der Waals surface area contributed by atoms with Crippen LogP contribution in [0.15, 0.2) is 30.5 Å². The third-order valence-corrected chi connectivity index (χ3v) is 7.25. The number of rotatable bonds is 5. The SMILES string of the molecule is CC[C@H]1CN2CC[C@H]1C[C@H]2[C@H](O)c1ccnc2ccc(OC3CCC3)cc12. The second-order valence-electron chi connectivity index (χ2n) is 8.71. The first-order valence-electron chi connectivity index (χ1n) is 10.7. The number of pyridine rings is 1. The maximum atomic E-state index is 11.3. The Morgan fingerprint density at radius 2 is 2.15 bits per heavy atom. The van der Waals surface area contributed by atoms with Crippen LogP contribution in [0.5, 0.6) is 5.75 Å². The first-order chi connectivity index (χ1) is 13.2. The molecule has 144 valence electrons. The van der Waals surface area contributed by atoms with E-state index >= 15 is 0 Å². The van der Waals surface area contributed by atoms with Crippen LogP contribution in [0.1, 0.15) is 57.1 Å². The summed E-state index contributed by atoms with van der Waals surface area (Å²) >= 11 is 0. The fraction of sp³-hybridized carbons (Fsp3) is 0.609. The quantitative estimate of drug-likeness (QED) is 0.856. The average Bonchev–Trinajstić information content (AvgIpc) is 2.69. The summed E-state index contributed by atoms with van der Waals surface area (Å²) in [4.78, 5) is 7.04. The van der Waals surface area contributed by atoms with E-state index < -0.39 is 6.10 Å². The van der Waals surface area contributed by atoms with Gasteiger partial charge in [-0.1, -0.05) is 13.3 Å². The zero-order chi connectivity index (χ0) is 18.4. The Balaban J connectivity index is 1.44. The van der Waals surface area contributed by atoms with Crippen molar-refractivity contribution in [1.29, 1.82) is 0 Å². The van der Waals surface area contributed by atoms with Gasteiger partial charge in [0.15, 0.2) is 0 Å². The summed E-state index contributed by atoms with van der Waals surface area (Å²) in [6.45, 7) is 4.57. The van der Waals surface area contributed by atoms with Crippen molar-refractivity contribution in [3.63, 3.8) is 0 Å². The van der Waals surface area contributed by atoms with Crippen molar-refractivity contribution in [2.75, 3.05) is 13.1 Å². The lowest BCUT2D eigenvalue weighted by molar-refractivity contribution is -0.0562. The molecule has 4 fully saturated rings. The van der Waals surface area contributed by atoms with Crippen molar-refractivity contribution in [3.05, 3.63) is 36.0 Å². The molecule has 1 N–H and O–H groups in total. The van der Waals surface area contributed by atoms with Gasteiger partial charge in [0.25, 0.3) is 0 Å². The fourth-order valence-corrected chi connectivity index (χ4v) is 5.34. The molecule has 5 atom stereocenters. The summed E-state index contributed by atoms with van der Waals surface area (Å²) in [5, 5.41) is 12.4. The molecule has 27 heavy (non-hydrogen) atoms. The van der Waals surface area contributed by atoms with Gasteiger partial charge in [0.2, 0.25) is 0 Å². The number of hydrogen-bond donors (Lipinski definition) is 1. The largest absolute Gasteiger partial charge is 0.490 e. The maximum absolute atomic E-state index is 11.3. The molecule has 6 rings (SSSR count). The van der Waals surface area contributed by atoms with Crippen LogP contribution >= 0.6 is 0 Å². The fourth-order valence-electron chi connectivity index (χ4n) is 5.34. The Bertz CT molecular complexity index is 819. The lowest BCUT2D eigenvalue weighted by atomic mass is 9.72. The van der Waals surface area contributed by atoms with Crippen molar-refractivity contribution in [2.24, 2.45) is 11.8 Å². The number of aliphatic hydroxyl groups excluding tert-OH is 1. The number of benzene rings is 1. The van der Waals surface area contributed by atoms with Gasteiger partial charge in [-0.3, -0.25) is 9.88 Å². The number of hydrogen-bond acceptors (Lipinski definition) is 4. The zero-order valence-corrected chi connectivity index (χ0v) is 16.2. The second kappa shape index (κ2) is 7.06. The lowest BCUT2D eigenvalue weighted by Crippen LogP contribution is -2.55. The third kappa shape index (κ3) is 3.13. The van der Waals surface area contributed by atoms with Crippen LogP contribution in [-0.2, 0) is 0 Å². The number of nitrogens with zero attached hydrogens (tertiary/aromatic N) is 2. The molecule has 1 saturated carbocycles. The van der Waals surface area contributed by atoms with Crippen LogP contribution in [0.2, 0.25) is 0 Å². The molecule has 1 aliphatic carbocycles. The molecule has 2 aromatic rings. The van der Waals surface area contributed by atoms with E-state index in [9.17, 15) is 5.11 Å². The van der Waals surface area contributed by atoms with Crippen molar-refractivity contribution in [1.82, 2.24) is 9.88 Å². The van der Waals surface area contributed by atoms with Gasteiger partial charge in [0.1, 0.15) is 5.75 Å². The van der Waals surface area contributed by atoms with E-state index in [2.05, 4.69) is 22.9 Å². The molecule has 1 aromatic heterocycles. The van der Waals surface area contributed by atoms with Crippen molar-refractivity contribution in [3.8, 4) is 5.75 Å². The van der Waals surface area contributed by atoms with Gasteiger partial charge in [-0.25, -0.2) is 0 Å². The number of aromatic nitrogens is 1. The third-order valence-electron chi connectivity index (χ3n) is 7.25. The van der Waals surface area contributed by atoms with Crippen LogP contribution in [0, 0.1) is 11.8 Å². The first kappa shape index (κ1) is 17.4. The van der Waals surface area contributed by atoms with E-state index in [-0.39, 0.29) is 6.04 Å². The average molecular weight is 367 g/mol. The van der Waals surface area contributed by atoms with Gasteiger partial charge in [0, 0.05) is 24.2 Å². The molecular formula is C23H30N2O2. The lowest BCUT2D eigenvalue weighted by Gasteiger charge is -2.51. The van der Waals surface area contributed by atoms with E-state index in [0.717, 1.165) is 66.4 Å². The Hall–Kier alpha value is -1.65. The van der Waals surface area contributed by atoms with E-state index in [0.29, 0.717) is 6.10 Å². The summed E-state index contributed by atoms with van der Waals surface area (Å²) in [5.41, 5.74) is 1.94. The molecule has 4 heterocycles. The van der Waals surface area contributed by atoms with E-state index in [1.165, 1.54) is 19.3 Å². The van der Waals surface area contributed by atoms with E-state index in [1.807, 2.05) is 24.4 Å². The van der Waals surface area contributed by atoms with E-state index in [1.54, 1.807) is 0 Å². The Morgan fingerprint density at radius 1 is 1.26 bits per heavy atom. The summed E-state index contributed by atoms with van der Waals surface area (Å²) < 4.78 is 6.10. The van der Waals surface area contributed by atoms with Crippen molar-refractivity contribution < 1.29 is 9.84 Å². The van der Waals surface area contributed by atoms with Crippen molar-refractivity contribution >= 4 is 10.9 Å². The first-order valence-corrected chi connectivity index (χ1v) is 10.7. The molecule has 2 bridgehead atoms.